The molecule has 1 atom stereocenters. The predicted octanol–water partition coefficient (Wildman–Crippen LogP) is 2.70. The minimum Gasteiger partial charge on any atom is -0.495 e. The van der Waals surface area contributed by atoms with Gasteiger partial charge < -0.3 is 15.4 Å². The molecule has 1 heterocycles. The van der Waals surface area contributed by atoms with Crippen LogP contribution in [0.1, 0.15) is 18.4 Å². The summed E-state index contributed by atoms with van der Waals surface area (Å²) in [5, 5.41) is 0.681. The van der Waals surface area contributed by atoms with E-state index in [9.17, 15) is 0 Å². The van der Waals surface area contributed by atoms with Crippen molar-refractivity contribution in [2.24, 2.45) is 11.7 Å². The zero-order valence-electron chi connectivity index (χ0n) is 11.1. The van der Waals surface area contributed by atoms with Gasteiger partial charge in [-0.1, -0.05) is 11.6 Å². The van der Waals surface area contributed by atoms with Crippen molar-refractivity contribution in [3.05, 3.63) is 22.7 Å². The van der Waals surface area contributed by atoms with Gasteiger partial charge in [-0.2, -0.15) is 0 Å². The van der Waals surface area contributed by atoms with Crippen molar-refractivity contribution in [1.82, 2.24) is 0 Å². The molecule has 0 bridgehead atoms. The summed E-state index contributed by atoms with van der Waals surface area (Å²) in [6, 6.07) is 4.09. The molecule has 0 amide bonds. The molecule has 0 saturated carbocycles. The van der Waals surface area contributed by atoms with Crippen LogP contribution in [0.2, 0.25) is 5.02 Å². The maximum atomic E-state index is 6.21. The highest BCUT2D eigenvalue weighted by Crippen LogP contribution is 2.36. The number of fused-ring (bicyclic) bond motifs is 1. The third-order valence-electron chi connectivity index (χ3n) is 3.72. The van der Waals surface area contributed by atoms with Gasteiger partial charge in [-0.25, -0.2) is 0 Å². The lowest BCUT2D eigenvalue weighted by atomic mass is 9.94. The first-order valence-corrected chi connectivity index (χ1v) is 6.81. The van der Waals surface area contributed by atoms with Crippen LogP contribution in [-0.4, -0.2) is 27.2 Å². The normalized spacial score (nSPS) is 19.3. The molecule has 1 aromatic carbocycles. The topological polar surface area (TPSA) is 38.5 Å². The van der Waals surface area contributed by atoms with Gasteiger partial charge in [0.1, 0.15) is 5.75 Å². The standard InChI is InChI=1S/C14H21ClN2O/c1-17-6-4-10(3-5-16)7-11-8-14(18-2)12(15)9-13(11)17/h8-10H,3-7,16H2,1-2H3. The summed E-state index contributed by atoms with van der Waals surface area (Å²) in [5.41, 5.74) is 8.22. The van der Waals surface area contributed by atoms with E-state index in [-0.39, 0.29) is 0 Å². The van der Waals surface area contributed by atoms with E-state index in [0.717, 1.165) is 31.7 Å². The first kappa shape index (κ1) is 13.5. The number of benzene rings is 1. The van der Waals surface area contributed by atoms with Crippen LogP contribution in [-0.2, 0) is 6.42 Å². The molecule has 2 rings (SSSR count). The van der Waals surface area contributed by atoms with Crippen LogP contribution in [0.25, 0.3) is 0 Å². The number of hydrogen-bond acceptors (Lipinski definition) is 3. The second kappa shape index (κ2) is 5.81. The zero-order valence-corrected chi connectivity index (χ0v) is 11.8. The average molecular weight is 269 g/mol. The van der Waals surface area contributed by atoms with Crippen molar-refractivity contribution in [3.63, 3.8) is 0 Å². The Morgan fingerprint density at radius 3 is 2.94 bits per heavy atom. The summed E-state index contributed by atoms with van der Waals surface area (Å²) in [7, 11) is 3.78. The quantitative estimate of drug-likeness (QED) is 0.916. The third-order valence-corrected chi connectivity index (χ3v) is 4.02. The highest BCUT2D eigenvalue weighted by Gasteiger charge is 2.21. The van der Waals surface area contributed by atoms with E-state index >= 15 is 0 Å². The summed E-state index contributed by atoms with van der Waals surface area (Å²) >= 11 is 6.21. The molecule has 100 valence electrons. The second-order valence-corrected chi connectivity index (χ2v) is 5.38. The number of nitrogens with zero attached hydrogens (tertiary/aromatic N) is 1. The van der Waals surface area contributed by atoms with Crippen molar-refractivity contribution in [1.29, 1.82) is 0 Å². The smallest absolute Gasteiger partial charge is 0.137 e. The summed E-state index contributed by atoms with van der Waals surface area (Å²) in [5.74, 6) is 1.42. The van der Waals surface area contributed by atoms with Crippen molar-refractivity contribution < 1.29 is 4.74 Å². The minimum atomic E-state index is 0.657. The second-order valence-electron chi connectivity index (χ2n) is 4.97. The van der Waals surface area contributed by atoms with E-state index < -0.39 is 0 Å². The van der Waals surface area contributed by atoms with E-state index in [2.05, 4.69) is 18.0 Å². The summed E-state index contributed by atoms with van der Waals surface area (Å²) in [6.45, 7) is 1.81. The van der Waals surface area contributed by atoms with Crippen LogP contribution in [0.5, 0.6) is 5.75 Å². The van der Waals surface area contributed by atoms with Crippen LogP contribution < -0.4 is 15.4 Å². The van der Waals surface area contributed by atoms with Crippen LogP contribution in [0, 0.1) is 5.92 Å². The first-order valence-electron chi connectivity index (χ1n) is 6.43. The third kappa shape index (κ3) is 2.73. The maximum Gasteiger partial charge on any atom is 0.137 e. The molecule has 0 aromatic heterocycles. The first-order chi connectivity index (χ1) is 8.65. The molecule has 0 aliphatic carbocycles. The molecule has 3 nitrogen and oxygen atoms in total. The molecule has 0 spiro atoms. The SMILES string of the molecule is COc1cc2c(cc1Cl)N(C)CCC(CCN)C2. The van der Waals surface area contributed by atoms with Crippen LogP contribution >= 0.6 is 11.6 Å². The molecule has 4 heteroatoms. The van der Waals surface area contributed by atoms with Crippen LogP contribution in [0.15, 0.2) is 12.1 Å². The highest BCUT2D eigenvalue weighted by molar-refractivity contribution is 6.32. The number of hydrogen-bond donors (Lipinski definition) is 1. The van der Waals surface area contributed by atoms with Gasteiger partial charge in [0.2, 0.25) is 0 Å². The van der Waals surface area contributed by atoms with E-state index in [1.165, 1.54) is 17.7 Å². The fourth-order valence-electron chi connectivity index (χ4n) is 2.65. The van der Waals surface area contributed by atoms with Gasteiger partial charge in [-0.15, -0.1) is 0 Å². The molecule has 0 fully saturated rings. The Bertz CT molecular complexity index is 423. The Labute approximate surface area is 114 Å². The van der Waals surface area contributed by atoms with Crippen molar-refractivity contribution in [2.45, 2.75) is 19.3 Å². The number of rotatable bonds is 3. The summed E-state index contributed by atoms with van der Waals surface area (Å²) < 4.78 is 5.31. The molecule has 1 unspecified atom stereocenters. The van der Waals surface area contributed by atoms with Crippen molar-refractivity contribution >= 4 is 17.3 Å². The van der Waals surface area contributed by atoms with Gasteiger partial charge in [0, 0.05) is 19.3 Å². The fraction of sp³-hybridized carbons (Fsp3) is 0.571. The Morgan fingerprint density at radius 1 is 1.50 bits per heavy atom. The lowest BCUT2D eigenvalue weighted by Crippen LogP contribution is -2.19. The summed E-state index contributed by atoms with van der Waals surface area (Å²) in [4.78, 5) is 2.27. The molecule has 18 heavy (non-hydrogen) atoms. The molecular formula is C14H21ClN2O. The Balaban J connectivity index is 2.35. The number of nitrogens with two attached hydrogens (primary N) is 1. The lowest BCUT2D eigenvalue weighted by molar-refractivity contribution is 0.413. The zero-order chi connectivity index (χ0) is 13.1. The minimum absolute atomic E-state index is 0.657. The van der Waals surface area contributed by atoms with E-state index in [1.807, 2.05) is 6.07 Å². The number of anilines is 1. The molecule has 2 N–H and O–H groups in total. The number of ether oxygens (including phenoxy) is 1. The molecular weight excluding hydrogens is 248 g/mol. The average Bonchev–Trinajstić information content (AvgIpc) is 2.50. The van der Waals surface area contributed by atoms with E-state index in [0.29, 0.717) is 10.9 Å². The van der Waals surface area contributed by atoms with Crippen molar-refractivity contribution in [3.8, 4) is 5.75 Å². The van der Waals surface area contributed by atoms with Crippen LogP contribution in [0.4, 0.5) is 5.69 Å². The van der Waals surface area contributed by atoms with Crippen molar-refractivity contribution in [2.75, 3.05) is 32.1 Å². The summed E-state index contributed by atoms with van der Waals surface area (Å²) in [6.07, 6.45) is 3.32. The molecule has 0 saturated heterocycles. The molecule has 0 radical (unpaired) electrons. The van der Waals surface area contributed by atoms with Gasteiger partial charge >= 0.3 is 0 Å². The predicted molar refractivity (Wildman–Crippen MR) is 76.8 cm³/mol. The number of methoxy groups -OCH3 is 1. The fourth-order valence-corrected chi connectivity index (χ4v) is 2.89. The van der Waals surface area contributed by atoms with Gasteiger partial charge in [0.15, 0.2) is 0 Å². The molecule has 1 aliphatic rings. The van der Waals surface area contributed by atoms with E-state index in [4.69, 9.17) is 22.1 Å². The largest absolute Gasteiger partial charge is 0.495 e. The monoisotopic (exact) mass is 268 g/mol. The highest BCUT2D eigenvalue weighted by atomic mass is 35.5. The Kier molecular flexibility index (Phi) is 4.36. The van der Waals surface area contributed by atoms with Gasteiger partial charge in [-0.05, 0) is 49.4 Å². The number of halogens is 1. The van der Waals surface area contributed by atoms with Gasteiger partial charge in [0.05, 0.1) is 12.1 Å². The van der Waals surface area contributed by atoms with Gasteiger partial charge in [-0.3, -0.25) is 0 Å². The lowest BCUT2D eigenvalue weighted by Gasteiger charge is -2.20. The Morgan fingerprint density at radius 2 is 2.28 bits per heavy atom. The van der Waals surface area contributed by atoms with Gasteiger partial charge in [0.25, 0.3) is 0 Å². The van der Waals surface area contributed by atoms with Crippen LogP contribution in [0.3, 0.4) is 0 Å². The van der Waals surface area contributed by atoms with E-state index in [1.54, 1.807) is 7.11 Å². The molecule has 1 aliphatic heterocycles. The Hall–Kier alpha value is -0.930. The maximum absolute atomic E-state index is 6.21. The molecule has 1 aromatic rings.